The van der Waals surface area contributed by atoms with Gasteiger partial charge in [0.25, 0.3) is 5.91 Å². The fourth-order valence-corrected chi connectivity index (χ4v) is 7.68. The number of piperidine rings is 1. The van der Waals surface area contributed by atoms with Gasteiger partial charge >= 0.3 is 6.09 Å². The molecule has 1 unspecified atom stereocenters. The summed E-state index contributed by atoms with van der Waals surface area (Å²) in [6.45, 7) is 8.30. The fourth-order valence-electron chi connectivity index (χ4n) is 7.68. The molecule has 1 atom stereocenters. The number of alkyl carbamates (subject to hydrolysis) is 1. The Labute approximate surface area is 301 Å². The third-order valence-electron chi connectivity index (χ3n) is 10.1. The summed E-state index contributed by atoms with van der Waals surface area (Å²) in [5.41, 5.74) is 1.91. The van der Waals surface area contributed by atoms with E-state index >= 15 is 4.39 Å². The second-order valence-electron chi connectivity index (χ2n) is 14.9. The molecule has 4 heterocycles. The van der Waals surface area contributed by atoms with Gasteiger partial charge in [0.2, 0.25) is 5.43 Å². The second kappa shape index (κ2) is 13.2. The van der Waals surface area contributed by atoms with Gasteiger partial charge in [-0.05, 0) is 87.1 Å². The molecule has 0 radical (unpaired) electrons. The van der Waals surface area contributed by atoms with Crippen LogP contribution < -0.4 is 30.6 Å². The number of fused-ring (bicyclic) bond motifs is 3. The summed E-state index contributed by atoms with van der Waals surface area (Å²) in [7, 11) is 0. The highest BCUT2D eigenvalue weighted by molar-refractivity contribution is 6.02. The van der Waals surface area contributed by atoms with Gasteiger partial charge in [-0.25, -0.2) is 9.18 Å². The number of ether oxygens (including phenoxy) is 2. The van der Waals surface area contributed by atoms with E-state index in [0.717, 1.165) is 48.0 Å². The molecule has 0 aliphatic carbocycles. The van der Waals surface area contributed by atoms with E-state index in [-0.39, 0.29) is 35.0 Å². The molecule has 2 amide bonds. The summed E-state index contributed by atoms with van der Waals surface area (Å²) >= 11 is 0. The number of rotatable bonds is 6. The highest BCUT2D eigenvalue weighted by Crippen LogP contribution is 2.48. The first-order valence-electron chi connectivity index (χ1n) is 18.0. The van der Waals surface area contributed by atoms with Gasteiger partial charge < -0.3 is 34.5 Å². The number of nitrogens with one attached hydrogen (secondary N) is 2. The van der Waals surface area contributed by atoms with Gasteiger partial charge in [0.05, 0.1) is 17.1 Å². The monoisotopic (exact) mass is 703 g/mol. The van der Waals surface area contributed by atoms with E-state index in [1.54, 1.807) is 31.5 Å². The van der Waals surface area contributed by atoms with E-state index in [1.807, 2.05) is 59.5 Å². The van der Waals surface area contributed by atoms with Crippen LogP contribution in [0.15, 0.2) is 77.7 Å². The maximum atomic E-state index is 16.4. The number of anilines is 2. The number of hydrogen-bond donors (Lipinski definition) is 2. The molecule has 8 rings (SSSR count). The Balaban J connectivity index is 1.18. The quantitative estimate of drug-likeness (QED) is 0.186. The standard InChI is InChI=1S/C41H42FN5O5/c1-41(2,3)52-40(50)44-28-15-18-46(23-28)36-31(42)21-29-35-38(36)51-34-20-26-12-6-5-11-25(26)19-33(34)47(35)24-30(37(29)48)39(49)43-22-27-13-7-8-14-32(27)45-16-9-4-10-17-45/h5-8,11-14,19-21,24,28H,4,9-10,15-18,22-23H2,1-3H3,(H,43,49)(H,44,50). The number of hydrogen-bond acceptors (Lipinski definition) is 7. The minimum Gasteiger partial charge on any atom is -0.451 e. The van der Waals surface area contributed by atoms with Crippen LogP contribution in [-0.2, 0) is 11.3 Å². The number of amides is 2. The molecule has 0 saturated carbocycles. The van der Waals surface area contributed by atoms with Gasteiger partial charge in [0.15, 0.2) is 17.3 Å². The minimum absolute atomic E-state index is 0.0408. The zero-order valence-electron chi connectivity index (χ0n) is 29.6. The van der Waals surface area contributed by atoms with Crippen molar-refractivity contribution in [3.8, 4) is 17.2 Å². The van der Waals surface area contributed by atoms with E-state index in [2.05, 4.69) is 21.6 Å². The number of aromatic nitrogens is 1. The molecule has 3 aliphatic heterocycles. The molecular weight excluding hydrogens is 661 g/mol. The topological polar surface area (TPSA) is 105 Å². The molecule has 5 aromatic rings. The average molecular weight is 704 g/mol. The first-order valence-corrected chi connectivity index (χ1v) is 18.0. The number of carbonyl (C=O) groups is 2. The van der Waals surface area contributed by atoms with Crippen LogP contribution in [0.25, 0.3) is 27.4 Å². The Bertz CT molecular complexity index is 2290. The average Bonchev–Trinajstić information content (AvgIpc) is 3.57. The molecule has 11 heteroatoms. The molecule has 268 valence electrons. The van der Waals surface area contributed by atoms with Gasteiger partial charge in [-0.15, -0.1) is 0 Å². The lowest BCUT2D eigenvalue weighted by Gasteiger charge is -2.30. The SMILES string of the molecule is CC(C)(C)OC(=O)NC1CCN(c2c(F)cc3c(=O)c(C(=O)NCc4ccccc4N4CCCCC4)cn4c3c2Oc2cc3ccccc3cc2-4)C1. The number of halogens is 1. The molecule has 10 nitrogen and oxygen atoms in total. The molecule has 3 aliphatic rings. The molecular formula is C41H42FN5O5. The Hall–Kier alpha value is -5.58. The predicted molar refractivity (Wildman–Crippen MR) is 201 cm³/mol. The lowest BCUT2D eigenvalue weighted by molar-refractivity contribution is 0.0508. The third-order valence-corrected chi connectivity index (χ3v) is 10.1. The Morgan fingerprint density at radius 2 is 1.65 bits per heavy atom. The van der Waals surface area contributed by atoms with Crippen molar-refractivity contribution < 1.29 is 23.5 Å². The number of nitrogens with zero attached hydrogens (tertiary/aromatic N) is 3. The van der Waals surface area contributed by atoms with Crippen molar-refractivity contribution in [3.63, 3.8) is 0 Å². The van der Waals surface area contributed by atoms with Crippen molar-refractivity contribution in [2.75, 3.05) is 36.0 Å². The number of carbonyl (C=O) groups excluding carboxylic acids is 2. The number of benzene rings is 4. The van der Waals surface area contributed by atoms with Gasteiger partial charge in [0.1, 0.15) is 22.4 Å². The summed E-state index contributed by atoms with van der Waals surface area (Å²) in [6, 6.07) is 20.6. The predicted octanol–water partition coefficient (Wildman–Crippen LogP) is 7.41. The first kappa shape index (κ1) is 33.6. The highest BCUT2D eigenvalue weighted by Gasteiger charge is 2.34. The van der Waals surface area contributed by atoms with Crippen molar-refractivity contribution >= 4 is 45.1 Å². The van der Waals surface area contributed by atoms with Crippen LogP contribution in [0.1, 0.15) is 62.4 Å². The Kier molecular flexibility index (Phi) is 8.51. The third kappa shape index (κ3) is 6.29. The zero-order valence-corrected chi connectivity index (χ0v) is 29.6. The van der Waals surface area contributed by atoms with Gasteiger partial charge in [-0.1, -0.05) is 42.5 Å². The molecule has 1 aromatic heterocycles. The molecule has 2 N–H and O–H groups in total. The van der Waals surface area contributed by atoms with Crippen LogP contribution in [-0.4, -0.2) is 54.4 Å². The Morgan fingerprint density at radius 3 is 2.42 bits per heavy atom. The molecule has 4 aromatic carbocycles. The zero-order chi connectivity index (χ0) is 36.1. The summed E-state index contributed by atoms with van der Waals surface area (Å²) in [5, 5.41) is 7.79. The van der Waals surface area contributed by atoms with Crippen LogP contribution in [0.3, 0.4) is 0 Å². The van der Waals surface area contributed by atoms with Gasteiger partial charge in [-0.3, -0.25) is 9.59 Å². The molecule has 2 saturated heterocycles. The molecule has 0 bridgehead atoms. The van der Waals surface area contributed by atoms with Crippen LogP contribution in [0, 0.1) is 5.82 Å². The molecule has 2 fully saturated rings. The van der Waals surface area contributed by atoms with Gasteiger partial charge in [-0.2, -0.15) is 0 Å². The summed E-state index contributed by atoms with van der Waals surface area (Å²) < 4.78 is 30.2. The maximum absolute atomic E-state index is 16.4. The summed E-state index contributed by atoms with van der Waals surface area (Å²) in [4.78, 5) is 44.8. The molecule has 0 spiro atoms. The maximum Gasteiger partial charge on any atom is 0.407 e. The van der Waals surface area contributed by atoms with Crippen LogP contribution in [0.2, 0.25) is 0 Å². The van der Waals surface area contributed by atoms with E-state index in [1.165, 1.54) is 12.5 Å². The highest BCUT2D eigenvalue weighted by atomic mass is 19.1. The smallest absolute Gasteiger partial charge is 0.407 e. The largest absolute Gasteiger partial charge is 0.451 e. The fraction of sp³-hybridized carbons (Fsp3) is 0.341. The number of pyridine rings is 1. The van der Waals surface area contributed by atoms with Crippen LogP contribution in [0.5, 0.6) is 11.5 Å². The van der Waals surface area contributed by atoms with E-state index < -0.39 is 28.8 Å². The van der Waals surface area contributed by atoms with Crippen molar-refractivity contribution in [1.82, 2.24) is 15.2 Å². The van der Waals surface area contributed by atoms with Crippen LogP contribution >= 0.6 is 0 Å². The second-order valence-corrected chi connectivity index (χ2v) is 14.9. The number of para-hydroxylation sites is 1. The van der Waals surface area contributed by atoms with E-state index in [4.69, 9.17) is 9.47 Å². The van der Waals surface area contributed by atoms with E-state index in [0.29, 0.717) is 36.5 Å². The normalized spacial score (nSPS) is 16.8. The minimum atomic E-state index is -0.653. The van der Waals surface area contributed by atoms with E-state index in [9.17, 15) is 14.4 Å². The van der Waals surface area contributed by atoms with Crippen molar-refractivity contribution in [1.29, 1.82) is 0 Å². The summed E-state index contributed by atoms with van der Waals surface area (Å²) in [6.07, 6.45) is 5.03. The Morgan fingerprint density at radius 1 is 0.923 bits per heavy atom. The summed E-state index contributed by atoms with van der Waals surface area (Å²) in [5.74, 6) is -0.538. The molecule has 52 heavy (non-hydrogen) atoms. The lowest BCUT2D eigenvalue weighted by atomic mass is 10.0. The van der Waals surface area contributed by atoms with Crippen molar-refractivity contribution in [2.24, 2.45) is 0 Å². The van der Waals surface area contributed by atoms with Crippen molar-refractivity contribution in [3.05, 3.63) is 100 Å². The van der Waals surface area contributed by atoms with Crippen LogP contribution in [0.4, 0.5) is 20.6 Å². The van der Waals surface area contributed by atoms with Crippen molar-refractivity contribution in [2.45, 2.75) is 64.6 Å². The lowest BCUT2D eigenvalue weighted by Crippen LogP contribution is -2.40. The first-order chi connectivity index (χ1) is 25.0. The van der Waals surface area contributed by atoms with Gasteiger partial charge in [0, 0.05) is 44.6 Å².